The number of nitrogens with one attached hydrogen (secondary N) is 2. The van der Waals surface area contributed by atoms with Gasteiger partial charge in [-0.05, 0) is 48.4 Å². The monoisotopic (exact) mass is 454 g/mol. The summed E-state index contributed by atoms with van der Waals surface area (Å²) in [5.41, 5.74) is 3.40. The summed E-state index contributed by atoms with van der Waals surface area (Å²) in [4.78, 5) is 38.8. The van der Waals surface area contributed by atoms with Gasteiger partial charge < -0.3 is 5.32 Å². The molecule has 34 heavy (non-hydrogen) atoms. The molecule has 172 valence electrons. The fourth-order valence-corrected chi connectivity index (χ4v) is 3.55. The van der Waals surface area contributed by atoms with E-state index in [1.54, 1.807) is 29.4 Å². The number of urea groups is 1. The highest BCUT2D eigenvalue weighted by atomic mass is 16.2. The van der Waals surface area contributed by atoms with Crippen LogP contribution in [0.2, 0.25) is 0 Å². The molecule has 0 unspecified atom stereocenters. The van der Waals surface area contributed by atoms with Crippen molar-refractivity contribution in [2.24, 2.45) is 5.92 Å². The first-order valence-electron chi connectivity index (χ1n) is 11.2. The van der Waals surface area contributed by atoms with Crippen LogP contribution in [-0.2, 0) is 6.42 Å². The van der Waals surface area contributed by atoms with Crippen molar-refractivity contribution in [2.75, 3.05) is 28.6 Å². The number of nitrogens with zero attached hydrogens (tertiary/aromatic N) is 4. The van der Waals surface area contributed by atoms with Crippen molar-refractivity contribution in [1.29, 1.82) is 0 Å². The van der Waals surface area contributed by atoms with E-state index >= 15 is 0 Å². The lowest BCUT2D eigenvalue weighted by atomic mass is 10.1. The van der Waals surface area contributed by atoms with Gasteiger partial charge in [0.2, 0.25) is 0 Å². The summed E-state index contributed by atoms with van der Waals surface area (Å²) in [7, 11) is 0. The van der Waals surface area contributed by atoms with Crippen LogP contribution in [0.5, 0.6) is 0 Å². The molecule has 2 N–H and O–H groups in total. The van der Waals surface area contributed by atoms with Crippen LogP contribution < -0.4 is 15.5 Å². The average molecular weight is 455 g/mol. The van der Waals surface area contributed by atoms with E-state index in [0.29, 0.717) is 47.3 Å². The summed E-state index contributed by atoms with van der Waals surface area (Å²) in [6.07, 6.45) is 5.66. The van der Waals surface area contributed by atoms with Crippen molar-refractivity contribution in [3.63, 3.8) is 0 Å². The summed E-state index contributed by atoms with van der Waals surface area (Å²) >= 11 is 0. The number of fused-ring (bicyclic) bond motifs is 1. The van der Waals surface area contributed by atoms with Gasteiger partial charge in [0.25, 0.3) is 0 Å². The number of aldehydes is 1. The Balaban J connectivity index is 1.58. The van der Waals surface area contributed by atoms with Crippen molar-refractivity contribution < 1.29 is 9.59 Å². The second-order valence-electron chi connectivity index (χ2n) is 8.38. The first kappa shape index (κ1) is 22.9. The van der Waals surface area contributed by atoms with E-state index in [0.717, 1.165) is 30.6 Å². The van der Waals surface area contributed by atoms with Crippen LogP contribution in [0.25, 0.3) is 0 Å². The van der Waals surface area contributed by atoms with Crippen LogP contribution in [0.1, 0.15) is 47.6 Å². The van der Waals surface area contributed by atoms with Gasteiger partial charge in [-0.25, -0.2) is 19.7 Å². The minimum absolute atomic E-state index is 0.299. The van der Waals surface area contributed by atoms with Crippen molar-refractivity contribution >= 4 is 29.6 Å². The van der Waals surface area contributed by atoms with Crippen LogP contribution in [-0.4, -0.2) is 40.4 Å². The number of hydrogen-bond acceptors (Lipinski definition) is 6. The van der Waals surface area contributed by atoms with Crippen molar-refractivity contribution in [3.05, 3.63) is 71.3 Å². The second-order valence-corrected chi connectivity index (χ2v) is 8.38. The zero-order valence-corrected chi connectivity index (χ0v) is 19.2. The van der Waals surface area contributed by atoms with Crippen LogP contribution in [0.3, 0.4) is 0 Å². The first-order chi connectivity index (χ1) is 16.5. The molecule has 3 aromatic rings. The predicted octanol–water partition coefficient (Wildman–Crippen LogP) is 4.14. The molecule has 1 aliphatic heterocycles. The molecule has 0 fully saturated rings. The maximum absolute atomic E-state index is 13.1. The lowest BCUT2D eigenvalue weighted by Gasteiger charge is -2.28. The molecule has 0 aromatic carbocycles. The SMILES string of the molecule is CC(C)CNc1cc(NC(=O)N2CCCc3ccc(C=O)nc32)ncc1C#Cc1ccccn1. The standard InChI is InChI=1S/C26H26N6O2/c1-18(2)15-28-23-14-24(29-16-20(23)9-10-21-7-3-4-12-27-21)31-26(34)32-13-5-6-19-8-11-22(17-33)30-25(19)32/h3-4,7-8,11-12,14,16-18H,5-6,13,15H2,1-2H3,(H2,28,29,31,34). The smallest absolute Gasteiger partial charge is 0.328 e. The third kappa shape index (κ3) is 5.56. The zero-order valence-electron chi connectivity index (χ0n) is 19.2. The van der Waals surface area contributed by atoms with Gasteiger partial charge in [-0.2, -0.15) is 0 Å². The Morgan fingerprint density at radius 1 is 1.21 bits per heavy atom. The Bertz CT molecular complexity index is 1250. The van der Waals surface area contributed by atoms with Gasteiger partial charge in [-0.3, -0.25) is 15.0 Å². The molecule has 3 aromatic heterocycles. The summed E-state index contributed by atoms with van der Waals surface area (Å²) < 4.78 is 0. The Labute approximate surface area is 198 Å². The van der Waals surface area contributed by atoms with Crippen molar-refractivity contribution in [2.45, 2.75) is 26.7 Å². The Kier molecular flexibility index (Phi) is 7.13. The van der Waals surface area contributed by atoms with E-state index in [1.807, 2.05) is 24.3 Å². The second kappa shape index (κ2) is 10.6. The van der Waals surface area contributed by atoms with E-state index in [4.69, 9.17) is 0 Å². The molecular formula is C26H26N6O2. The third-order valence-electron chi connectivity index (χ3n) is 5.26. The van der Waals surface area contributed by atoms with Crippen LogP contribution >= 0.6 is 0 Å². The van der Waals surface area contributed by atoms with E-state index in [1.165, 1.54) is 0 Å². The number of pyridine rings is 3. The van der Waals surface area contributed by atoms with Gasteiger partial charge in [0.05, 0.1) is 11.3 Å². The number of carbonyl (C=O) groups is 2. The largest absolute Gasteiger partial charge is 0.384 e. The zero-order chi connectivity index (χ0) is 23.9. The maximum atomic E-state index is 13.1. The van der Waals surface area contributed by atoms with Crippen molar-refractivity contribution in [3.8, 4) is 11.8 Å². The van der Waals surface area contributed by atoms with E-state index in [9.17, 15) is 9.59 Å². The van der Waals surface area contributed by atoms with Crippen LogP contribution in [0, 0.1) is 17.8 Å². The van der Waals surface area contributed by atoms with Crippen molar-refractivity contribution in [1.82, 2.24) is 15.0 Å². The normalized spacial score (nSPS) is 12.4. The molecule has 8 nitrogen and oxygen atoms in total. The summed E-state index contributed by atoms with van der Waals surface area (Å²) in [5, 5.41) is 6.26. The summed E-state index contributed by atoms with van der Waals surface area (Å²) in [6.45, 7) is 5.49. The molecule has 0 saturated carbocycles. The number of carbonyl (C=O) groups excluding carboxylic acids is 2. The number of anilines is 3. The molecular weight excluding hydrogens is 428 g/mol. The van der Waals surface area contributed by atoms with Crippen LogP contribution in [0.15, 0.2) is 48.8 Å². The lowest BCUT2D eigenvalue weighted by Crippen LogP contribution is -2.39. The topological polar surface area (TPSA) is 100 Å². The Hall–Kier alpha value is -4.25. The molecule has 0 spiro atoms. The molecule has 0 aliphatic carbocycles. The average Bonchev–Trinajstić information content (AvgIpc) is 2.86. The maximum Gasteiger partial charge on any atom is 0.328 e. The van der Waals surface area contributed by atoms with Gasteiger partial charge in [-0.1, -0.05) is 31.9 Å². The summed E-state index contributed by atoms with van der Waals surface area (Å²) in [6, 6.07) is 10.5. The predicted molar refractivity (Wildman–Crippen MR) is 132 cm³/mol. The van der Waals surface area contributed by atoms with Gasteiger partial charge in [0.1, 0.15) is 23.0 Å². The van der Waals surface area contributed by atoms with Gasteiger partial charge in [-0.15, -0.1) is 0 Å². The molecule has 0 radical (unpaired) electrons. The van der Waals surface area contributed by atoms with Gasteiger partial charge in [0, 0.05) is 31.5 Å². The number of aromatic nitrogens is 3. The minimum atomic E-state index is -0.342. The first-order valence-corrected chi connectivity index (χ1v) is 11.2. The number of rotatable bonds is 5. The number of aryl methyl sites for hydroxylation is 1. The molecule has 4 heterocycles. The minimum Gasteiger partial charge on any atom is -0.384 e. The molecule has 4 rings (SSSR count). The Morgan fingerprint density at radius 3 is 2.85 bits per heavy atom. The highest BCUT2D eigenvalue weighted by Gasteiger charge is 2.25. The highest BCUT2D eigenvalue weighted by molar-refractivity contribution is 6.01. The van der Waals surface area contributed by atoms with E-state index in [2.05, 4.69) is 51.3 Å². The highest BCUT2D eigenvalue weighted by Crippen LogP contribution is 2.26. The lowest BCUT2D eigenvalue weighted by molar-refractivity contribution is 0.111. The third-order valence-corrected chi connectivity index (χ3v) is 5.26. The van der Waals surface area contributed by atoms with Gasteiger partial charge >= 0.3 is 6.03 Å². The summed E-state index contributed by atoms with van der Waals surface area (Å²) in [5.74, 6) is 7.51. The molecule has 0 saturated heterocycles. The molecule has 0 atom stereocenters. The quantitative estimate of drug-likeness (QED) is 0.444. The fourth-order valence-electron chi connectivity index (χ4n) is 3.55. The molecule has 0 bridgehead atoms. The van der Waals surface area contributed by atoms with E-state index in [-0.39, 0.29) is 6.03 Å². The molecule has 8 heteroatoms. The molecule has 1 aliphatic rings. The Morgan fingerprint density at radius 2 is 2.09 bits per heavy atom. The van der Waals surface area contributed by atoms with E-state index < -0.39 is 0 Å². The fraction of sp³-hybridized carbons (Fsp3) is 0.269. The number of hydrogen-bond donors (Lipinski definition) is 2. The van der Waals surface area contributed by atoms with Crippen LogP contribution in [0.4, 0.5) is 22.1 Å². The molecule has 2 amide bonds. The van der Waals surface area contributed by atoms with Gasteiger partial charge in [0.15, 0.2) is 6.29 Å². The number of amides is 2.